The van der Waals surface area contributed by atoms with Crippen LogP contribution < -0.4 is 14.4 Å². The number of hydrogen-bond donors (Lipinski definition) is 0. The Balaban J connectivity index is 1.45. The van der Waals surface area contributed by atoms with Gasteiger partial charge in [0.15, 0.2) is 5.82 Å². The zero-order valence-electron chi connectivity index (χ0n) is 22.0. The molecule has 1 atom stereocenters. The van der Waals surface area contributed by atoms with Crippen LogP contribution in [0.1, 0.15) is 34.1 Å². The summed E-state index contributed by atoms with van der Waals surface area (Å²) in [6.45, 7) is 8.57. The van der Waals surface area contributed by atoms with E-state index in [1.165, 1.54) is 16.8 Å². The molecule has 8 nitrogen and oxygen atoms in total. The van der Waals surface area contributed by atoms with Crippen molar-refractivity contribution in [2.45, 2.75) is 26.4 Å². The molecule has 1 fully saturated rings. The van der Waals surface area contributed by atoms with E-state index in [1.807, 2.05) is 41.1 Å². The summed E-state index contributed by atoms with van der Waals surface area (Å²) >= 11 is 0. The van der Waals surface area contributed by atoms with Gasteiger partial charge in [0.1, 0.15) is 17.5 Å². The van der Waals surface area contributed by atoms with Crippen molar-refractivity contribution >= 4 is 5.69 Å². The Bertz CT molecular complexity index is 1330. The summed E-state index contributed by atoms with van der Waals surface area (Å²) in [5.41, 5.74) is 6.16. The summed E-state index contributed by atoms with van der Waals surface area (Å²) in [6, 6.07) is 22.6. The van der Waals surface area contributed by atoms with Crippen molar-refractivity contribution < 1.29 is 9.47 Å². The molecule has 0 aliphatic carbocycles. The third-order valence-corrected chi connectivity index (χ3v) is 7.33. The smallest absolute Gasteiger partial charge is 0.173 e. The van der Waals surface area contributed by atoms with Gasteiger partial charge in [0.05, 0.1) is 20.8 Å². The fourth-order valence-corrected chi connectivity index (χ4v) is 5.11. The Labute approximate surface area is 218 Å². The predicted octanol–water partition coefficient (Wildman–Crippen LogP) is 4.27. The Morgan fingerprint density at radius 3 is 2.32 bits per heavy atom. The molecule has 0 saturated carbocycles. The highest BCUT2D eigenvalue weighted by Crippen LogP contribution is 2.35. The molecule has 1 aliphatic heterocycles. The minimum Gasteiger partial charge on any atom is -0.497 e. The van der Waals surface area contributed by atoms with E-state index < -0.39 is 0 Å². The SMILES string of the molecule is COc1ccc(Cn2nnnc2C(c2ccccc2OC)N2CCN(c3cccc(C)c3C)CC2)cc1. The molecule has 0 amide bonds. The average Bonchev–Trinajstić information content (AvgIpc) is 3.39. The molecule has 1 saturated heterocycles. The van der Waals surface area contributed by atoms with E-state index in [-0.39, 0.29) is 6.04 Å². The van der Waals surface area contributed by atoms with Crippen LogP contribution in [-0.2, 0) is 6.54 Å². The maximum absolute atomic E-state index is 5.79. The molecule has 1 unspecified atom stereocenters. The second kappa shape index (κ2) is 11.0. The number of rotatable bonds is 8. The Morgan fingerprint density at radius 1 is 0.838 bits per heavy atom. The molecule has 0 N–H and O–H groups in total. The van der Waals surface area contributed by atoms with Gasteiger partial charge in [0.2, 0.25) is 0 Å². The number of nitrogens with zero attached hydrogens (tertiary/aromatic N) is 6. The van der Waals surface area contributed by atoms with E-state index >= 15 is 0 Å². The van der Waals surface area contributed by atoms with Gasteiger partial charge >= 0.3 is 0 Å². The minimum atomic E-state index is -0.134. The average molecular weight is 499 g/mol. The first kappa shape index (κ1) is 24.8. The van der Waals surface area contributed by atoms with E-state index in [9.17, 15) is 0 Å². The van der Waals surface area contributed by atoms with Crippen LogP contribution in [0.2, 0.25) is 0 Å². The van der Waals surface area contributed by atoms with Crippen LogP contribution in [0.25, 0.3) is 0 Å². The maximum Gasteiger partial charge on any atom is 0.173 e. The lowest BCUT2D eigenvalue weighted by molar-refractivity contribution is 0.198. The van der Waals surface area contributed by atoms with Crippen molar-refractivity contribution in [1.29, 1.82) is 0 Å². The second-order valence-corrected chi connectivity index (χ2v) is 9.43. The molecule has 3 aromatic carbocycles. The molecule has 0 spiro atoms. The lowest BCUT2D eigenvalue weighted by atomic mass is 10.0. The number of benzene rings is 3. The zero-order chi connectivity index (χ0) is 25.8. The summed E-state index contributed by atoms with van der Waals surface area (Å²) in [4.78, 5) is 4.95. The minimum absolute atomic E-state index is 0.134. The van der Waals surface area contributed by atoms with Gasteiger partial charge in [-0.1, -0.05) is 42.5 Å². The number of aromatic nitrogens is 4. The van der Waals surface area contributed by atoms with Gasteiger partial charge in [-0.05, 0) is 65.2 Å². The first-order chi connectivity index (χ1) is 18.1. The van der Waals surface area contributed by atoms with Crippen molar-refractivity contribution in [3.63, 3.8) is 0 Å². The first-order valence-electron chi connectivity index (χ1n) is 12.7. The van der Waals surface area contributed by atoms with E-state index in [0.717, 1.165) is 54.6 Å². The van der Waals surface area contributed by atoms with Gasteiger partial charge in [-0.3, -0.25) is 4.90 Å². The number of anilines is 1. The summed E-state index contributed by atoms with van der Waals surface area (Å²) in [5.74, 6) is 2.47. The van der Waals surface area contributed by atoms with Crippen molar-refractivity contribution in [2.24, 2.45) is 0 Å². The van der Waals surface area contributed by atoms with E-state index in [1.54, 1.807) is 14.2 Å². The molecule has 4 aromatic rings. The van der Waals surface area contributed by atoms with E-state index in [4.69, 9.17) is 9.47 Å². The molecule has 1 aromatic heterocycles. The van der Waals surface area contributed by atoms with Crippen LogP contribution in [0.3, 0.4) is 0 Å². The molecule has 37 heavy (non-hydrogen) atoms. The van der Waals surface area contributed by atoms with Gasteiger partial charge in [-0.15, -0.1) is 5.10 Å². The van der Waals surface area contributed by atoms with Gasteiger partial charge in [-0.2, -0.15) is 0 Å². The normalized spacial score (nSPS) is 15.0. The van der Waals surface area contributed by atoms with Crippen molar-refractivity contribution in [2.75, 3.05) is 45.3 Å². The number of piperazine rings is 1. The van der Waals surface area contributed by atoms with Crippen LogP contribution >= 0.6 is 0 Å². The number of methoxy groups -OCH3 is 2. The van der Waals surface area contributed by atoms with Gasteiger partial charge in [0, 0.05) is 37.4 Å². The molecule has 192 valence electrons. The summed E-state index contributed by atoms with van der Waals surface area (Å²) in [7, 11) is 3.39. The molecule has 0 radical (unpaired) electrons. The standard InChI is InChI=1S/C29H34N6O2/c1-21-8-7-10-26(22(21)2)33-16-18-34(19-17-33)28(25-9-5-6-11-27(25)37-4)29-30-31-32-35(29)20-23-12-14-24(36-3)15-13-23/h5-15,28H,16-20H2,1-4H3. The highest BCUT2D eigenvalue weighted by molar-refractivity contribution is 5.56. The second-order valence-electron chi connectivity index (χ2n) is 9.43. The summed E-state index contributed by atoms with van der Waals surface area (Å²) in [6.07, 6.45) is 0. The lowest BCUT2D eigenvalue weighted by Gasteiger charge is -2.40. The first-order valence-corrected chi connectivity index (χ1v) is 12.7. The molecule has 2 heterocycles. The van der Waals surface area contributed by atoms with Crippen molar-refractivity contribution in [3.8, 4) is 11.5 Å². The predicted molar refractivity (Wildman–Crippen MR) is 144 cm³/mol. The Hall–Kier alpha value is -3.91. The topological polar surface area (TPSA) is 68.5 Å². The lowest BCUT2D eigenvalue weighted by Crippen LogP contribution is -2.48. The fourth-order valence-electron chi connectivity index (χ4n) is 5.11. The molecule has 0 bridgehead atoms. The highest BCUT2D eigenvalue weighted by atomic mass is 16.5. The van der Waals surface area contributed by atoms with Crippen molar-refractivity contribution in [3.05, 3.63) is 94.8 Å². The van der Waals surface area contributed by atoms with Crippen LogP contribution in [-0.4, -0.2) is 65.5 Å². The molecule has 1 aliphatic rings. The molecular formula is C29H34N6O2. The Morgan fingerprint density at radius 2 is 1.59 bits per heavy atom. The molecular weight excluding hydrogens is 464 g/mol. The third-order valence-electron chi connectivity index (χ3n) is 7.33. The van der Waals surface area contributed by atoms with Crippen LogP contribution in [0.4, 0.5) is 5.69 Å². The third kappa shape index (κ3) is 5.15. The van der Waals surface area contributed by atoms with Gasteiger partial charge < -0.3 is 14.4 Å². The zero-order valence-corrected chi connectivity index (χ0v) is 22.0. The number of hydrogen-bond acceptors (Lipinski definition) is 7. The monoisotopic (exact) mass is 498 g/mol. The molecule has 8 heteroatoms. The molecule has 5 rings (SSSR count). The fraction of sp³-hybridized carbons (Fsp3) is 0.345. The maximum atomic E-state index is 5.79. The van der Waals surface area contributed by atoms with E-state index in [0.29, 0.717) is 6.54 Å². The number of para-hydroxylation sites is 1. The van der Waals surface area contributed by atoms with Crippen LogP contribution in [0, 0.1) is 13.8 Å². The quantitative estimate of drug-likeness (QED) is 0.359. The number of ether oxygens (including phenoxy) is 2. The largest absolute Gasteiger partial charge is 0.497 e. The summed E-state index contributed by atoms with van der Waals surface area (Å²) < 4.78 is 13.0. The van der Waals surface area contributed by atoms with Crippen LogP contribution in [0.15, 0.2) is 66.7 Å². The van der Waals surface area contributed by atoms with Gasteiger partial charge in [0.25, 0.3) is 0 Å². The number of aryl methyl sites for hydroxylation is 1. The highest BCUT2D eigenvalue weighted by Gasteiger charge is 2.32. The Kier molecular flexibility index (Phi) is 7.37. The van der Waals surface area contributed by atoms with Gasteiger partial charge in [-0.25, -0.2) is 4.68 Å². The summed E-state index contributed by atoms with van der Waals surface area (Å²) in [5, 5.41) is 13.0. The van der Waals surface area contributed by atoms with Crippen LogP contribution in [0.5, 0.6) is 11.5 Å². The van der Waals surface area contributed by atoms with E-state index in [2.05, 4.69) is 69.5 Å². The van der Waals surface area contributed by atoms with Crippen molar-refractivity contribution in [1.82, 2.24) is 25.1 Å². The number of tetrazole rings is 1.